The van der Waals surface area contributed by atoms with Gasteiger partial charge in [-0.3, -0.25) is 14.5 Å². The predicted octanol–water partition coefficient (Wildman–Crippen LogP) is 4.22. The van der Waals surface area contributed by atoms with Crippen molar-refractivity contribution in [1.82, 2.24) is 20.1 Å². The SMILES string of the molecule is Cn1cc(-c2ncccc2CNC(=O)c2ccc(-c3ccc(F)cc3)cc2)cn1. The molecule has 5 nitrogen and oxygen atoms in total. The van der Waals surface area contributed by atoms with Crippen molar-refractivity contribution in [3.63, 3.8) is 0 Å². The Hall–Kier alpha value is -3.80. The number of halogens is 1. The zero-order valence-electron chi connectivity index (χ0n) is 15.8. The molecule has 0 bridgehead atoms. The van der Waals surface area contributed by atoms with E-state index in [4.69, 9.17) is 0 Å². The second-order valence-electron chi connectivity index (χ2n) is 6.68. The molecule has 2 aromatic heterocycles. The monoisotopic (exact) mass is 386 g/mol. The van der Waals surface area contributed by atoms with Crippen LogP contribution < -0.4 is 5.32 Å². The molecule has 0 atom stereocenters. The minimum Gasteiger partial charge on any atom is -0.348 e. The molecular formula is C23H19FN4O. The summed E-state index contributed by atoms with van der Waals surface area (Å²) in [4.78, 5) is 17.0. The lowest BCUT2D eigenvalue weighted by molar-refractivity contribution is 0.0951. The zero-order valence-corrected chi connectivity index (χ0v) is 15.8. The number of amides is 1. The van der Waals surface area contributed by atoms with Crippen molar-refractivity contribution >= 4 is 5.91 Å². The molecule has 29 heavy (non-hydrogen) atoms. The normalized spacial score (nSPS) is 10.7. The van der Waals surface area contributed by atoms with E-state index in [-0.39, 0.29) is 11.7 Å². The minimum absolute atomic E-state index is 0.170. The maximum Gasteiger partial charge on any atom is 0.251 e. The number of hydrogen-bond acceptors (Lipinski definition) is 3. The van der Waals surface area contributed by atoms with Crippen LogP contribution >= 0.6 is 0 Å². The number of carbonyl (C=O) groups is 1. The van der Waals surface area contributed by atoms with E-state index >= 15 is 0 Å². The van der Waals surface area contributed by atoms with E-state index in [2.05, 4.69) is 15.4 Å². The van der Waals surface area contributed by atoms with Crippen LogP contribution in [-0.2, 0) is 13.6 Å². The molecule has 0 saturated heterocycles. The molecule has 0 radical (unpaired) electrons. The maximum atomic E-state index is 13.1. The standard InChI is InChI=1S/C23H19FN4O/c1-28-15-20(14-27-28)22-19(3-2-12-25-22)13-26-23(29)18-6-4-16(5-7-18)17-8-10-21(24)11-9-17/h2-12,14-15H,13H2,1H3,(H,26,29). The van der Waals surface area contributed by atoms with Gasteiger partial charge in [-0.1, -0.05) is 30.3 Å². The third kappa shape index (κ3) is 4.21. The Morgan fingerprint density at radius 3 is 2.34 bits per heavy atom. The van der Waals surface area contributed by atoms with Gasteiger partial charge < -0.3 is 5.32 Å². The van der Waals surface area contributed by atoms with Gasteiger partial charge in [0.05, 0.1) is 11.9 Å². The van der Waals surface area contributed by atoms with E-state index in [0.717, 1.165) is 27.9 Å². The van der Waals surface area contributed by atoms with E-state index in [1.165, 1.54) is 12.1 Å². The molecule has 0 saturated carbocycles. The van der Waals surface area contributed by atoms with E-state index in [9.17, 15) is 9.18 Å². The van der Waals surface area contributed by atoms with Crippen LogP contribution in [0, 0.1) is 5.82 Å². The molecule has 4 aromatic rings. The highest BCUT2D eigenvalue weighted by Gasteiger charge is 2.11. The summed E-state index contributed by atoms with van der Waals surface area (Å²) in [5.74, 6) is -0.442. The first-order valence-electron chi connectivity index (χ1n) is 9.17. The number of aromatic nitrogens is 3. The van der Waals surface area contributed by atoms with Crippen LogP contribution in [-0.4, -0.2) is 20.7 Å². The van der Waals surface area contributed by atoms with Gasteiger partial charge in [-0.05, 0) is 47.0 Å². The fourth-order valence-electron chi connectivity index (χ4n) is 3.12. The number of nitrogens with zero attached hydrogens (tertiary/aromatic N) is 3. The topological polar surface area (TPSA) is 59.8 Å². The van der Waals surface area contributed by atoms with Crippen molar-refractivity contribution in [3.05, 3.63) is 96.2 Å². The van der Waals surface area contributed by atoms with Gasteiger partial charge in [-0.15, -0.1) is 0 Å². The Labute approximate surface area is 167 Å². The Morgan fingerprint density at radius 1 is 1.00 bits per heavy atom. The average molecular weight is 386 g/mol. The van der Waals surface area contributed by atoms with Gasteiger partial charge in [0.2, 0.25) is 0 Å². The zero-order chi connectivity index (χ0) is 20.2. The van der Waals surface area contributed by atoms with Crippen molar-refractivity contribution < 1.29 is 9.18 Å². The first-order valence-corrected chi connectivity index (χ1v) is 9.17. The molecule has 144 valence electrons. The first-order chi connectivity index (χ1) is 14.1. The van der Waals surface area contributed by atoms with Crippen molar-refractivity contribution in [1.29, 1.82) is 0 Å². The molecule has 2 aromatic carbocycles. The molecule has 4 rings (SSSR count). The fraction of sp³-hybridized carbons (Fsp3) is 0.0870. The number of nitrogens with one attached hydrogen (secondary N) is 1. The van der Waals surface area contributed by atoms with Gasteiger partial charge in [0.1, 0.15) is 5.82 Å². The van der Waals surface area contributed by atoms with Gasteiger partial charge >= 0.3 is 0 Å². The highest BCUT2D eigenvalue weighted by Crippen LogP contribution is 2.21. The lowest BCUT2D eigenvalue weighted by Crippen LogP contribution is -2.23. The average Bonchev–Trinajstić information content (AvgIpc) is 3.19. The third-order valence-electron chi connectivity index (χ3n) is 4.63. The van der Waals surface area contributed by atoms with Crippen molar-refractivity contribution in [3.8, 4) is 22.4 Å². The number of pyridine rings is 1. The van der Waals surface area contributed by atoms with Crippen molar-refractivity contribution in [2.24, 2.45) is 7.05 Å². The van der Waals surface area contributed by atoms with Crippen LogP contribution in [0.2, 0.25) is 0 Å². The molecule has 0 fully saturated rings. The van der Waals surface area contributed by atoms with Gasteiger partial charge in [0.15, 0.2) is 0 Å². The molecule has 0 aliphatic rings. The molecule has 0 aliphatic heterocycles. The Bertz CT molecular complexity index is 1130. The second-order valence-corrected chi connectivity index (χ2v) is 6.68. The number of aryl methyl sites for hydroxylation is 1. The van der Waals surface area contributed by atoms with E-state index < -0.39 is 0 Å². The largest absolute Gasteiger partial charge is 0.348 e. The summed E-state index contributed by atoms with van der Waals surface area (Å²) in [5, 5.41) is 7.13. The van der Waals surface area contributed by atoms with Crippen LogP contribution in [0.15, 0.2) is 79.3 Å². The molecule has 0 unspecified atom stereocenters. The first kappa shape index (κ1) is 18.6. The molecule has 0 aliphatic carbocycles. The summed E-state index contributed by atoms with van der Waals surface area (Å²) in [5.41, 5.74) is 5.00. The van der Waals surface area contributed by atoms with Crippen LogP contribution in [0.4, 0.5) is 4.39 Å². The maximum absolute atomic E-state index is 13.1. The van der Waals surface area contributed by atoms with E-state index in [0.29, 0.717) is 12.1 Å². The summed E-state index contributed by atoms with van der Waals surface area (Å²) in [6.07, 6.45) is 5.37. The molecule has 6 heteroatoms. The van der Waals surface area contributed by atoms with Crippen LogP contribution in [0.25, 0.3) is 22.4 Å². The quantitative estimate of drug-likeness (QED) is 0.559. The highest BCUT2D eigenvalue weighted by molar-refractivity contribution is 5.94. The summed E-state index contributed by atoms with van der Waals surface area (Å²) < 4.78 is 14.8. The smallest absolute Gasteiger partial charge is 0.251 e. The molecule has 1 amide bonds. The number of carbonyl (C=O) groups excluding carboxylic acids is 1. The van der Waals surface area contributed by atoms with Gasteiger partial charge in [-0.2, -0.15) is 5.10 Å². The third-order valence-corrected chi connectivity index (χ3v) is 4.63. The lowest BCUT2D eigenvalue weighted by Gasteiger charge is -2.09. The van der Waals surface area contributed by atoms with Gasteiger partial charge in [-0.25, -0.2) is 4.39 Å². The highest BCUT2D eigenvalue weighted by atomic mass is 19.1. The molecule has 0 spiro atoms. The fourth-order valence-corrected chi connectivity index (χ4v) is 3.12. The Morgan fingerprint density at radius 2 is 1.69 bits per heavy atom. The number of rotatable bonds is 5. The van der Waals surface area contributed by atoms with Gasteiger partial charge in [0.25, 0.3) is 5.91 Å². The van der Waals surface area contributed by atoms with Crippen LogP contribution in [0.5, 0.6) is 0 Å². The van der Waals surface area contributed by atoms with E-state index in [1.807, 2.05) is 37.5 Å². The van der Waals surface area contributed by atoms with Crippen LogP contribution in [0.1, 0.15) is 15.9 Å². The summed E-state index contributed by atoms with van der Waals surface area (Å²) in [6.45, 7) is 0.358. The number of benzene rings is 2. The van der Waals surface area contributed by atoms with E-state index in [1.54, 1.807) is 41.3 Å². The molecule has 1 N–H and O–H groups in total. The summed E-state index contributed by atoms with van der Waals surface area (Å²) in [6, 6.07) is 17.3. The lowest BCUT2D eigenvalue weighted by atomic mass is 10.0. The van der Waals surface area contributed by atoms with Crippen molar-refractivity contribution in [2.75, 3.05) is 0 Å². The predicted molar refractivity (Wildman–Crippen MR) is 109 cm³/mol. The Balaban J connectivity index is 1.46. The molecule has 2 heterocycles. The summed E-state index contributed by atoms with van der Waals surface area (Å²) in [7, 11) is 1.85. The Kier molecular flexibility index (Phi) is 5.16. The summed E-state index contributed by atoms with van der Waals surface area (Å²) >= 11 is 0. The molecular weight excluding hydrogens is 367 g/mol. The second kappa shape index (κ2) is 8.06. The van der Waals surface area contributed by atoms with Crippen LogP contribution in [0.3, 0.4) is 0 Å². The number of hydrogen-bond donors (Lipinski definition) is 1. The van der Waals surface area contributed by atoms with Crippen molar-refractivity contribution in [2.45, 2.75) is 6.54 Å². The minimum atomic E-state index is -0.272. The van der Waals surface area contributed by atoms with Gasteiger partial charge in [0, 0.05) is 37.1 Å².